The summed E-state index contributed by atoms with van der Waals surface area (Å²) in [7, 11) is -3.82. The summed E-state index contributed by atoms with van der Waals surface area (Å²) in [5, 5.41) is 5.54. The van der Waals surface area contributed by atoms with E-state index in [1.807, 2.05) is 18.2 Å². The van der Waals surface area contributed by atoms with Gasteiger partial charge in [0.25, 0.3) is 5.91 Å². The summed E-state index contributed by atoms with van der Waals surface area (Å²) in [6, 6.07) is 12.2. The molecule has 158 valence electrons. The van der Waals surface area contributed by atoms with E-state index in [1.54, 1.807) is 25.1 Å². The number of hydrogen-bond donors (Lipinski definition) is 2. The minimum atomic E-state index is -3.82. The van der Waals surface area contributed by atoms with Gasteiger partial charge in [-0.3, -0.25) is 9.59 Å². The standard InChI is InChI=1S/C21H23N3O5S/c1-14-10-17-18(29-13-20(25)23-17)11-19(14)30(27,28)24-9-5-6-15(12-24)21(26)22-16-7-3-2-4-8-16/h2-4,7-8,10-11,15H,5-6,9,12-13H2,1H3,(H,22,26)(H,23,25)/t15-/m0/s1. The molecule has 2 aliphatic heterocycles. The molecule has 0 radical (unpaired) electrons. The van der Waals surface area contributed by atoms with Crippen LogP contribution < -0.4 is 15.4 Å². The van der Waals surface area contributed by atoms with Gasteiger partial charge in [0.15, 0.2) is 6.61 Å². The highest BCUT2D eigenvalue weighted by atomic mass is 32.2. The highest BCUT2D eigenvalue weighted by Gasteiger charge is 2.35. The lowest BCUT2D eigenvalue weighted by Gasteiger charge is -2.32. The minimum Gasteiger partial charge on any atom is -0.482 e. The molecule has 1 fully saturated rings. The van der Waals surface area contributed by atoms with E-state index in [0.717, 1.165) is 0 Å². The molecule has 0 aliphatic carbocycles. The molecule has 0 bridgehead atoms. The second kappa shape index (κ2) is 8.08. The number of para-hydroxylation sites is 1. The van der Waals surface area contributed by atoms with Gasteiger partial charge in [0.2, 0.25) is 15.9 Å². The summed E-state index contributed by atoms with van der Waals surface area (Å²) >= 11 is 0. The Balaban J connectivity index is 1.54. The van der Waals surface area contributed by atoms with Crippen molar-refractivity contribution in [1.82, 2.24) is 4.31 Å². The Kier molecular flexibility index (Phi) is 5.48. The number of nitrogens with one attached hydrogen (secondary N) is 2. The Morgan fingerprint density at radius 2 is 2.00 bits per heavy atom. The molecular formula is C21H23N3O5S. The second-order valence-corrected chi connectivity index (χ2v) is 9.41. The van der Waals surface area contributed by atoms with E-state index in [2.05, 4.69) is 10.6 Å². The topological polar surface area (TPSA) is 105 Å². The van der Waals surface area contributed by atoms with E-state index in [1.165, 1.54) is 10.4 Å². The lowest BCUT2D eigenvalue weighted by Crippen LogP contribution is -2.43. The number of rotatable bonds is 4. The van der Waals surface area contributed by atoms with Crippen molar-refractivity contribution in [2.24, 2.45) is 5.92 Å². The first-order chi connectivity index (χ1) is 14.3. The Morgan fingerprint density at radius 1 is 1.23 bits per heavy atom. The molecule has 4 rings (SSSR count). The molecular weight excluding hydrogens is 406 g/mol. The quantitative estimate of drug-likeness (QED) is 0.776. The van der Waals surface area contributed by atoms with Crippen LogP contribution in [0.2, 0.25) is 0 Å². The van der Waals surface area contributed by atoms with Crippen LogP contribution in [0.25, 0.3) is 0 Å². The van der Waals surface area contributed by atoms with Gasteiger partial charge in [-0.1, -0.05) is 18.2 Å². The summed E-state index contributed by atoms with van der Waals surface area (Å²) in [5.41, 5.74) is 1.66. The van der Waals surface area contributed by atoms with Crippen molar-refractivity contribution in [2.45, 2.75) is 24.7 Å². The van der Waals surface area contributed by atoms with Gasteiger partial charge in [-0.2, -0.15) is 4.31 Å². The van der Waals surface area contributed by atoms with Crippen LogP contribution in [0.5, 0.6) is 5.75 Å². The SMILES string of the molecule is Cc1cc2c(cc1S(=O)(=O)N1CCC[C@H](C(=O)Nc3ccccc3)C1)OCC(=O)N2. The molecule has 2 heterocycles. The highest BCUT2D eigenvalue weighted by molar-refractivity contribution is 7.89. The van der Waals surface area contributed by atoms with Crippen molar-refractivity contribution < 1.29 is 22.7 Å². The molecule has 30 heavy (non-hydrogen) atoms. The Morgan fingerprint density at radius 3 is 2.77 bits per heavy atom. The maximum absolute atomic E-state index is 13.3. The number of aryl methyl sites for hydroxylation is 1. The number of carbonyl (C=O) groups is 2. The minimum absolute atomic E-state index is 0.120. The highest BCUT2D eigenvalue weighted by Crippen LogP contribution is 2.35. The number of nitrogens with zero attached hydrogens (tertiary/aromatic N) is 1. The van der Waals surface area contributed by atoms with E-state index in [4.69, 9.17) is 4.74 Å². The molecule has 9 heteroatoms. The molecule has 1 atom stereocenters. The lowest BCUT2D eigenvalue weighted by molar-refractivity contribution is -0.121. The van der Waals surface area contributed by atoms with Crippen LogP contribution in [-0.2, 0) is 19.6 Å². The third kappa shape index (κ3) is 4.03. The van der Waals surface area contributed by atoms with E-state index in [-0.39, 0.29) is 29.9 Å². The Labute approximate surface area is 175 Å². The number of benzene rings is 2. The average Bonchev–Trinajstić information content (AvgIpc) is 2.74. The zero-order chi connectivity index (χ0) is 21.3. The zero-order valence-electron chi connectivity index (χ0n) is 16.6. The molecule has 8 nitrogen and oxygen atoms in total. The number of piperidine rings is 1. The fraction of sp³-hybridized carbons (Fsp3) is 0.333. The summed E-state index contributed by atoms with van der Waals surface area (Å²) in [5.74, 6) is -0.563. The van der Waals surface area contributed by atoms with Gasteiger partial charge in [-0.05, 0) is 43.5 Å². The summed E-state index contributed by atoms with van der Waals surface area (Å²) in [4.78, 5) is 24.3. The Hall–Kier alpha value is -2.91. The first-order valence-corrected chi connectivity index (χ1v) is 11.2. The summed E-state index contributed by atoms with van der Waals surface area (Å²) in [6.07, 6.45) is 1.23. The zero-order valence-corrected chi connectivity index (χ0v) is 17.4. The summed E-state index contributed by atoms with van der Waals surface area (Å²) in [6.45, 7) is 2.00. The molecule has 2 N–H and O–H groups in total. The number of ether oxygens (including phenoxy) is 1. The normalized spacial score (nSPS) is 19.4. The summed E-state index contributed by atoms with van der Waals surface area (Å²) < 4.78 is 33.4. The Bertz CT molecular complexity index is 1090. The average molecular weight is 429 g/mol. The van der Waals surface area contributed by atoms with Crippen LogP contribution in [0.3, 0.4) is 0 Å². The van der Waals surface area contributed by atoms with E-state index in [9.17, 15) is 18.0 Å². The van der Waals surface area contributed by atoms with Crippen molar-refractivity contribution in [3.63, 3.8) is 0 Å². The van der Waals surface area contributed by atoms with Gasteiger partial charge >= 0.3 is 0 Å². The first-order valence-electron chi connectivity index (χ1n) is 9.78. The van der Waals surface area contributed by atoms with Crippen molar-refractivity contribution in [3.05, 3.63) is 48.0 Å². The fourth-order valence-corrected chi connectivity index (χ4v) is 5.52. The molecule has 0 unspecified atom stereocenters. The number of sulfonamides is 1. The van der Waals surface area contributed by atoms with E-state index >= 15 is 0 Å². The van der Waals surface area contributed by atoms with E-state index in [0.29, 0.717) is 42.1 Å². The second-order valence-electron chi connectivity index (χ2n) is 7.51. The number of carbonyl (C=O) groups excluding carboxylic acids is 2. The van der Waals surface area contributed by atoms with Gasteiger partial charge < -0.3 is 15.4 Å². The lowest BCUT2D eigenvalue weighted by atomic mass is 9.99. The van der Waals surface area contributed by atoms with Gasteiger partial charge in [0, 0.05) is 24.8 Å². The van der Waals surface area contributed by atoms with Crippen LogP contribution in [0.1, 0.15) is 18.4 Å². The number of anilines is 2. The van der Waals surface area contributed by atoms with Crippen LogP contribution in [-0.4, -0.2) is 44.2 Å². The third-order valence-corrected chi connectivity index (χ3v) is 7.33. The first kappa shape index (κ1) is 20.4. The molecule has 2 amide bonds. The fourth-order valence-electron chi connectivity index (χ4n) is 3.77. The monoisotopic (exact) mass is 429 g/mol. The van der Waals surface area contributed by atoms with Gasteiger partial charge in [-0.15, -0.1) is 0 Å². The van der Waals surface area contributed by atoms with E-state index < -0.39 is 15.9 Å². The smallest absolute Gasteiger partial charge is 0.262 e. The maximum atomic E-state index is 13.3. The van der Waals surface area contributed by atoms with Crippen molar-refractivity contribution in [3.8, 4) is 5.75 Å². The van der Waals surface area contributed by atoms with Crippen LogP contribution in [0, 0.1) is 12.8 Å². The molecule has 2 aromatic rings. The van der Waals surface area contributed by atoms with Crippen molar-refractivity contribution >= 4 is 33.2 Å². The van der Waals surface area contributed by atoms with Crippen molar-refractivity contribution in [2.75, 3.05) is 30.3 Å². The molecule has 0 aromatic heterocycles. The van der Waals surface area contributed by atoms with Gasteiger partial charge in [-0.25, -0.2) is 8.42 Å². The number of hydrogen-bond acceptors (Lipinski definition) is 5. The molecule has 2 aliphatic rings. The number of amides is 2. The molecule has 1 saturated heterocycles. The largest absolute Gasteiger partial charge is 0.482 e. The van der Waals surface area contributed by atoms with Gasteiger partial charge in [0.05, 0.1) is 16.5 Å². The van der Waals surface area contributed by atoms with Crippen molar-refractivity contribution in [1.29, 1.82) is 0 Å². The number of fused-ring (bicyclic) bond motifs is 1. The molecule has 0 saturated carbocycles. The molecule has 0 spiro atoms. The third-order valence-electron chi connectivity index (χ3n) is 5.32. The molecule has 2 aromatic carbocycles. The predicted molar refractivity (Wildman–Crippen MR) is 112 cm³/mol. The van der Waals surface area contributed by atoms with Crippen LogP contribution in [0.4, 0.5) is 11.4 Å². The van der Waals surface area contributed by atoms with Gasteiger partial charge in [0.1, 0.15) is 5.75 Å². The van der Waals surface area contributed by atoms with Crippen LogP contribution in [0.15, 0.2) is 47.4 Å². The predicted octanol–water partition coefficient (Wildman–Crippen LogP) is 2.37. The van der Waals surface area contributed by atoms with Crippen LogP contribution >= 0.6 is 0 Å². The maximum Gasteiger partial charge on any atom is 0.262 e.